The summed E-state index contributed by atoms with van der Waals surface area (Å²) in [6.45, 7) is 2.81. The average Bonchev–Trinajstić information content (AvgIpc) is 2.48. The average molecular weight is 184 g/mol. The summed E-state index contributed by atoms with van der Waals surface area (Å²) in [5.41, 5.74) is 5.41. The largest absolute Gasteiger partial charge is 0.351 e. The topological polar surface area (TPSA) is 81.7 Å². The Kier molecular flexibility index (Phi) is 3.63. The third kappa shape index (κ3) is 2.98. The van der Waals surface area contributed by atoms with Crippen LogP contribution < -0.4 is 11.1 Å². The van der Waals surface area contributed by atoms with E-state index >= 15 is 0 Å². The molecule has 1 rings (SSSR count). The van der Waals surface area contributed by atoms with Crippen LogP contribution in [0.2, 0.25) is 0 Å². The zero-order valence-electron chi connectivity index (χ0n) is 8.06. The first-order valence-electron chi connectivity index (χ1n) is 4.43. The van der Waals surface area contributed by atoms with E-state index in [2.05, 4.69) is 27.8 Å². The number of nitrogens with one attached hydrogen (secondary N) is 1. The van der Waals surface area contributed by atoms with Crippen molar-refractivity contribution in [2.24, 2.45) is 12.8 Å². The number of anilines is 1. The Bertz CT molecular complexity index is 245. The van der Waals surface area contributed by atoms with Crippen molar-refractivity contribution in [1.29, 1.82) is 0 Å². The van der Waals surface area contributed by atoms with Gasteiger partial charge < -0.3 is 11.1 Å². The van der Waals surface area contributed by atoms with Gasteiger partial charge in [0.25, 0.3) is 0 Å². The molecule has 0 spiro atoms. The number of nitrogens with zero attached hydrogens (tertiary/aromatic N) is 4. The zero-order chi connectivity index (χ0) is 9.68. The van der Waals surface area contributed by atoms with Crippen molar-refractivity contribution in [3.63, 3.8) is 0 Å². The van der Waals surface area contributed by atoms with Gasteiger partial charge in [-0.3, -0.25) is 0 Å². The van der Waals surface area contributed by atoms with Gasteiger partial charge in [0, 0.05) is 13.1 Å². The molecule has 0 saturated heterocycles. The molecule has 6 heteroatoms. The second kappa shape index (κ2) is 4.76. The number of hydrogen-bond donors (Lipinski definition) is 2. The van der Waals surface area contributed by atoms with Gasteiger partial charge in [0.2, 0.25) is 5.95 Å². The lowest BCUT2D eigenvalue weighted by Crippen LogP contribution is -2.19. The minimum absolute atomic E-state index is 0.355. The second-order valence-electron chi connectivity index (χ2n) is 3.10. The van der Waals surface area contributed by atoms with E-state index in [1.807, 2.05) is 0 Å². The van der Waals surface area contributed by atoms with Crippen molar-refractivity contribution in [3.05, 3.63) is 0 Å². The maximum atomic E-state index is 5.41. The molecular formula is C7H16N6. The van der Waals surface area contributed by atoms with Crippen LogP contribution in [0.25, 0.3) is 0 Å². The van der Waals surface area contributed by atoms with Crippen LogP contribution in [0.4, 0.5) is 5.95 Å². The summed E-state index contributed by atoms with van der Waals surface area (Å²) in [5.74, 6) is 0.699. The molecule has 0 saturated carbocycles. The third-order valence-corrected chi connectivity index (χ3v) is 1.84. The molecule has 0 aliphatic carbocycles. The molecule has 0 aliphatic heterocycles. The molecule has 0 fully saturated rings. The minimum Gasteiger partial charge on any atom is -0.351 e. The summed E-state index contributed by atoms with van der Waals surface area (Å²) in [6, 6.07) is 0.355. The van der Waals surface area contributed by atoms with E-state index in [-0.39, 0.29) is 0 Å². The molecule has 0 aromatic carbocycles. The summed E-state index contributed by atoms with van der Waals surface area (Å²) in [7, 11) is 1.80. The smallest absolute Gasteiger partial charge is 0.242 e. The molecule has 1 aromatic rings. The molecule has 0 amide bonds. The van der Waals surface area contributed by atoms with Crippen molar-refractivity contribution in [2.75, 3.05) is 11.9 Å². The van der Waals surface area contributed by atoms with Crippen molar-refractivity contribution >= 4 is 5.95 Å². The van der Waals surface area contributed by atoms with Crippen molar-refractivity contribution in [1.82, 2.24) is 20.2 Å². The normalized spacial score (nSPS) is 12.8. The van der Waals surface area contributed by atoms with Crippen LogP contribution in [-0.2, 0) is 7.05 Å². The Morgan fingerprint density at radius 3 is 2.92 bits per heavy atom. The Balaban J connectivity index is 2.36. The van der Waals surface area contributed by atoms with E-state index in [0.29, 0.717) is 12.0 Å². The van der Waals surface area contributed by atoms with Gasteiger partial charge in [-0.05, 0) is 36.7 Å². The summed E-state index contributed by atoms with van der Waals surface area (Å²) in [4.78, 5) is 0. The number of tetrazole rings is 1. The highest BCUT2D eigenvalue weighted by Crippen LogP contribution is 2.03. The molecule has 0 aliphatic rings. The predicted octanol–water partition coefficient (Wildman–Crippen LogP) is -0.251. The minimum atomic E-state index is 0.355. The first kappa shape index (κ1) is 9.91. The van der Waals surface area contributed by atoms with E-state index in [9.17, 15) is 0 Å². The van der Waals surface area contributed by atoms with Crippen LogP contribution in [-0.4, -0.2) is 32.8 Å². The van der Waals surface area contributed by atoms with E-state index in [4.69, 9.17) is 5.73 Å². The molecule has 74 valence electrons. The van der Waals surface area contributed by atoms with Gasteiger partial charge in [-0.1, -0.05) is 5.10 Å². The van der Waals surface area contributed by atoms with Crippen LogP contribution in [0.3, 0.4) is 0 Å². The summed E-state index contributed by atoms with van der Waals surface area (Å²) < 4.78 is 1.61. The molecule has 13 heavy (non-hydrogen) atoms. The van der Waals surface area contributed by atoms with Crippen molar-refractivity contribution in [3.8, 4) is 0 Å². The molecule has 1 aromatic heterocycles. The fourth-order valence-corrected chi connectivity index (χ4v) is 1.07. The molecular weight excluding hydrogens is 168 g/mol. The lowest BCUT2D eigenvalue weighted by molar-refractivity contribution is 0.646. The molecule has 0 radical (unpaired) electrons. The third-order valence-electron chi connectivity index (χ3n) is 1.84. The van der Waals surface area contributed by atoms with Crippen LogP contribution in [0.1, 0.15) is 19.8 Å². The first-order chi connectivity index (χ1) is 6.24. The summed E-state index contributed by atoms with van der Waals surface area (Å²) >= 11 is 0. The number of aromatic nitrogens is 4. The van der Waals surface area contributed by atoms with E-state index in [1.165, 1.54) is 0 Å². The second-order valence-corrected chi connectivity index (χ2v) is 3.10. The standard InChI is InChI=1S/C7H16N6/c1-6(4-3-5-8)9-7-10-11-12-13(7)2/h6H,3-5,8H2,1-2H3,(H,9,10,12). The Morgan fingerprint density at radius 2 is 2.38 bits per heavy atom. The lowest BCUT2D eigenvalue weighted by atomic mass is 10.2. The van der Waals surface area contributed by atoms with Crippen molar-refractivity contribution < 1.29 is 0 Å². The quantitative estimate of drug-likeness (QED) is 0.659. The van der Waals surface area contributed by atoms with Crippen LogP contribution in [0.5, 0.6) is 0 Å². The van der Waals surface area contributed by atoms with Gasteiger partial charge in [-0.25, -0.2) is 4.68 Å². The van der Waals surface area contributed by atoms with Crippen LogP contribution >= 0.6 is 0 Å². The number of aryl methyl sites for hydroxylation is 1. The highest BCUT2D eigenvalue weighted by molar-refractivity contribution is 5.22. The van der Waals surface area contributed by atoms with Crippen LogP contribution in [0.15, 0.2) is 0 Å². The molecule has 1 heterocycles. The Hall–Kier alpha value is -1.17. The maximum absolute atomic E-state index is 5.41. The number of hydrogen-bond acceptors (Lipinski definition) is 5. The summed E-state index contributed by atoms with van der Waals surface area (Å²) in [5, 5.41) is 14.3. The molecule has 1 atom stereocenters. The SMILES string of the molecule is CC(CCCN)Nc1nnnn1C. The molecule has 3 N–H and O–H groups in total. The maximum Gasteiger partial charge on any atom is 0.242 e. The van der Waals surface area contributed by atoms with E-state index < -0.39 is 0 Å². The summed E-state index contributed by atoms with van der Waals surface area (Å²) in [6.07, 6.45) is 2.04. The van der Waals surface area contributed by atoms with Crippen LogP contribution in [0, 0.1) is 0 Å². The Labute approximate surface area is 77.5 Å². The van der Waals surface area contributed by atoms with Gasteiger partial charge in [-0.15, -0.1) is 0 Å². The highest BCUT2D eigenvalue weighted by atomic mass is 15.6. The highest BCUT2D eigenvalue weighted by Gasteiger charge is 2.05. The Morgan fingerprint density at radius 1 is 1.62 bits per heavy atom. The molecule has 1 unspecified atom stereocenters. The first-order valence-corrected chi connectivity index (χ1v) is 4.43. The monoisotopic (exact) mass is 184 g/mol. The fraction of sp³-hybridized carbons (Fsp3) is 0.857. The van der Waals surface area contributed by atoms with Gasteiger partial charge >= 0.3 is 0 Å². The number of nitrogens with two attached hydrogens (primary N) is 1. The lowest BCUT2D eigenvalue weighted by Gasteiger charge is -2.12. The number of rotatable bonds is 5. The zero-order valence-corrected chi connectivity index (χ0v) is 8.06. The van der Waals surface area contributed by atoms with E-state index in [0.717, 1.165) is 19.4 Å². The van der Waals surface area contributed by atoms with E-state index in [1.54, 1.807) is 11.7 Å². The molecule has 6 nitrogen and oxygen atoms in total. The predicted molar refractivity (Wildman–Crippen MR) is 50.2 cm³/mol. The fourth-order valence-electron chi connectivity index (χ4n) is 1.07. The van der Waals surface area contributed by atoms with Gasteiger partial charge in [-0.2, -0.15) is 0 Å². The van der Waals surface area contributed by atoms with Gasteiger partial charge in [0.1, 0.15) is 0 Å². The van der Waals surface area contributed by atoms with Gasteiger partial charge in [0.05, 0.1) is 0 Å². The molecule has 0 bridgehead atoms. The van der Waals surface area contributed by atoms with Gasteiger partial charge in [0.15, 0.2) is 0 Å². The van der Waals surface area contributed by atoms with Crippen molar-refractivity contribution in [2.45, 2.75) is 25.8 Å².